The van der Waals surface area contributed by atoms with Crippen molar-refractivity contribution in [3.8, 4) is 0 Å². The van der Waals surface area contributed by atoms with Gasteiger partial charge >= 0.3 is 0 Å². The summed E-state index contributed by atoms with van der Waals surface area (Å²) in [4.78, 5) is 20.6. The molecule has 6 heteroatoms. The van der Waals surface area contributed by atoms with Gasteiger partial charge in [0.25, 0.3) is 5.91 Å². The van der Waals surface area contributed by atoms with Crippen LogP contribution in [0.25, 0.3) is 0 Å². The summed E-state index contributed by atoms with van der Waals surface area (Å²) in [5.41, 5.74) is 0. The molecule has 1 aliphatic heterocycles. The highest BCUT2D eigenvalue weighted by atomic mass is 32.1. The average Bonchev–Trinajstić information content (AvgIpc) is 3.08. The maximum Gasteiger partial charge on any atom is 0.280 e. The molecule has 1 amide bonds. The molecule has 5 nitrogen and oxygen atoms in total. The number of rotatable bonds is 5. The van der Waals surface area contributed by atoms with Crippen LogP contribution in [0, 0.1) is 12.8 Å². The second-order valence-electron chi connectivity index (χ2n) is 6.45. The zero-order chi connectivity index (χ0) is 15.8. The van der Waals surface area contributed by atoms with E-state index in [9.17, 15) is 4.79 Å². The third-order valence-corrected chi connectivity index (χ3v) is 5.50. The van der Waals surface area contributed by atoms with Crippen molar-refractivity contribution < 1.29 is 9.21 Å². The normalized spacial score (nSPS) is 17.2. The Morgan fingerprint density at radius 1 is 1.48 bits per heavy atom. The Morgan fingerprint density at radius 3 is 3.09 bits per heavy atom. The van der Waals surface area contributed by atoms with E-state index >= 15 is 0 Å². The number of aryl methyl sites for hydroxylation is 2. The average molecular weight is 331 g/mol. The molecular formula is C17H21N3O2S. The number of hydrogen-bond donors (Lipinski definition) is 1. The molecule has 0 radical (unpaired) electrons. The summed E-state index contributed by atoms with van der Waals surface area (Å²) in [5.74, 6) is 3.40. The molecule has 0 aromatic carbocycles. The van der Waals surface area contributed by atoms with E-state index in [1.807, 2.05) is 19.1 Å². The van der Waals surface area contributed by atoms with Crippen molar-refractivity contribution in [1.29, 1.82) is 0 Å². The summed E-state index contributed by atoms with van der Waals surface area (Å²) < 4.78 is 5.48. The molecule has 0 bridgehead atoms. The number of nitrogens with one attached hydrogen (secondary N) is 1. The van der Waals surface area contributed by atoms with Crippen LogP contribution in [0.15, 0.2) is 16.5 Å². The van der Waals surface area contributed by atoms with Crippen molar-refractivity contribution in [1.82, 2.24) is 10.3 Å². The van der Waals surface area contributed by atoms with Gasteiger partial charge in [0, 0.05) is 18.0 Å². The predicted molar refractivity (Wildman–Crippen MR) is 90.0 cm³/mol. The van der Waals surface area contributed by atoms with Crippen LogP contribution in [0.2, 0.25) is 0 Å². The Bertz CT molecular complexity index is 717. The molecule has 3 heterocycles. The lowest BCUT2D eigenvalue weighted by atomic mass is 10.1. The second kappa shape index (κ2) is 6.00. The van der Waals surface area contributed by atoms with E-state index in [0.717, 1.165) is 49.2 Å². The number of anilines is 1. The molecule has 23 heavy (non-hydrogen) atoms. The van der Waals surface area contributed by atoms with Gasteiger partial charge in [-0.05, 0) is 50.7 Å². The highest BCUT2D eigenvalue weighted by Gasteiger charge is 2.29. The second-order valence-corrected chi connectivity index (χ2v) is 7.54. The standard InChI is InChI=1S/C17H21N3O2S/c1-11-4-7-13(22-11)9-18-16(21)17-19-15-14(23-17)3-2-8-20(15)10-12-5-6-12/h4,7,12H,2-3,5-6,8-10H2,1H3,(H,18,21). The largest absolute Gasteiger partial charge is 0.465 e. The third-order valence-electron chi connectivity index (χ3n) is 4.40. The maximum absolute atomic E-state index is 12.4. The first kappa shape index (κ1) is 14.8. The number of amides is 1. The smallest absolute Gasteiger partial charge is 0.280 e. The van der Waals surface area contributed by atoms with Gasteiger partial charge in [-0.1, -0.05) is 0 Å². The minimum absolute atomic E-state index is 0.107. The molecule has 0 spiro atoms. The number of hydrogen-bond acceptors (Lipinski definition) is 5. The lowest BCUT2D eigenvalue weighted by Gasteiger charge is -2.27. The summed E-state index contributed by atoms with van der Waals surface area (Å²) >= 11 is 1.54. The number of aromatic nitrogens is 1. The first-order chi connectivity index (χ1) is 11.2. The maximum atomic E-state index is 12.4. The molecule has 0 saturated heterocycles. The molecule has 0 unspecified atom stereocenters. The lowest BCUT2D eigenvalue weighted by molar-refractivity contribution is 0.0947. The molecule has 1 fully saturated rings. The van der Waals surface area contributed by atoms with Crippen molar-refractivity contribution in [3.05, 3.63) is 33.5 Å². The van der Waals surface area contributed by atoms with Gasteiger partial charge in [0.1, 0.15) is 17.3 Å². The van der Waals surface area contributed by atoms with Crippen molar-refractivity contribution in [2.24, 2.45) is 5.92 Å². The molecule has 0 atom stereocenters. The zero-order valence-electron chi connectivity index (χ0n) is 13.3. The minimum atomic E-state index is -0.107. The van der Waals surface area contributed by atoms with Crippen molar-refractivity contribution in [2.75, 3.05) is 18.0 Å². The Hall–Kier alpha value is -1.82. The van der Waals surface area contributed by atoms with Crippen LogP contribution in [-0.4, -0.2) is 24.0 Å². The number of fused-ring (bicyclic) bond motifs is 1. The van der Waals surface area contributed by atoms with Gasteiger partial charge in [-0.2, -0.15) is 0 Å². The van der Waals surface area contributed by atoms with Crippen LogP contribution < -0.4 is 10.2 Å². The van der Waals surface area contributed by atoms with Gasteiger partial charge in [0.2, 0.25) is 0 Å². The van der Waals surface area contributed by atoms with Crippen molar-refractivity contribution in [2.45, 2.75) is 39.2 Å². The van der Waals surface area contributed by atoms with Gasteiger partial charge in [-0.15, -0.1) is 11.3 Å². The first-order valence-electron chi connectivity index (χ1n) is 8.27. The van der Waals surface area contributed by atoms with Gasteiger partial charge in [-0.25, -0.2) is 4.98 Å². The van der Waals surface area contributed by atoms with Crippen LogP contribution in [0.5, 0.6) is 0 Å². The van der Waals surface area contributed by atoms with Gasteiger partial charge in [-0.3, -0.25) is 4.79 Å². The Balaban J connectivity index is 1.44. The van der Waals surface area contributed by atoms with Gasteiger partial charge < -0.3 is 14.6 Å². The highest BCUT2D eigenvalue weighted by Crippen LogP contribution is 2.36. The number of furan rings is 1. The topological polar surface area (TPSA) is 58.4 Å². The summed E-state index contributed by atoms with van der Waals surface area (Å²) in [6.07, 6.45) is 4.88. The quantitative estimate of drug-likeness (QED) is 0.914. The molecule has 4 rings (SSSR count). The lowest BCUT2D eigenvalue weighted by Crippen LogP contribution is -2.31. The van der Waals surface area contributed by atoms with E-state index in [-0.39, 0.29) is 5.91 Å². The van der Waals surface area contributed by atoms with E-state index in [4.69, 9.17) is 4.42 Å². The van der Waals surface area contributed by atoms with Crippen LogP contribution in [-0.2, 0) is 13.0 Å². The number of carbonyl (C=O) groups excluding carboxylic acids is 1. The van der Waals surface area contributed by atoms with E-state index in [0.29, 0.717) is 11.6 Å². The zero-order valence-corrected chi connectivity index (χ0v) is 14.1. The fourth-order valence-corrected chi connectivity index (χ4v) is 4.04. The van der Waals surface area contributed by atoms with E-state index in [1.54, 1.807) is 0 Å². The fraction of sp³-hybridized carbons (Fsp3) is 0.529. The van der Waals surface area contributed by atoms with Crippen LogP contribution in [0.1, 0.15) is 45.5 Å². The van der Waals surface area contributed by atoms with Crippen LogP contribution in [0.4, 0.5) is 5.82 Å². The Labute approximate surface area is 139 Å². The predicted octanol–water partition coefficient (Wildman–Crippen LogP) is 3.14. The highest BCUT2D eigenvalue weighted by molar-refractivity contribution is 7.14. The fourth-order valence-electron chi connectivity index (χ4n) is 3.00. The number of thiazole rings is 1. The Morgan fingerprint density at radius 2 is 2.35 bits per heavy atom. The van der Waals surface area contributed by atoms with Gasteiger partial charge in [0.05, 0.1) is 6.54 Å². The van der Waals surface area contributed by atoms with Crippen LogP contribution in [0.3, 0.4) is 0 Å². The molecular weight excluding hydrogens is 310 g/mol. The van der Waals surface area contributed by atoms with E-state index < -0.39 is 0 Å². The molecule has 122 valence electrons. The third kappa shape index (κ3) is 3.27. The monoisotopic (exact) mass is 331 g/mol. The van der Waals surface area contributed by atoms with E-state index in [2.05, 4.69) is 15.2 Å². The molecule has 2 aromatic rings. The Kier molecular flexibility index (Phi) is 3.85. The molecule has 2 aromatic heterocycles. The summed E-state index contributed by atoms with van der Waals surface area (Å²) in [7, 11) is 0. The minimum Gasteiger partial charge on any atom is -0.465 e. The molecule has 1 aliphatic carbocycles. The SMILES string of the molecule is Cc1ccc(CNC(=O)c2nc3c(s2)CCCN3CC2CC2)o1. The van der Waals surface area contributed by atoms with E-state index in [1.165, 1.54) is 29.1 Å². The first-order valence-corrected chi connectivity index (χ1v) is 9.09. The molecule has 1 N–H and O–H groups in total. The number of carbonyl (C=O) groups is 1. The summed E-state index contributed by atoms with van der Waals surface area (Å²) in [6.45, 7) is 4.47. The molecule has 1 saturated carbocycles. The molecule has 2 aliphatic rings. The summed E-state index contributed by atoms with van der Waals surface area (Å²) in [5, 5.41) is 3.47. The van der Waals surface area contributed by atoms with Crippen molar-refractivity contribution in [3.63, 3.8) is 0 Å². The summed E-state index contributed by atoms with van der Waals surface area (Å²) in [6, 6.07) is 3.79. The number of nitrogens with zero attached hydrogens (tertiary/aromatic N) is 2. The van der Waals surface area contributed by atoms with Crippen LogP contribution >= 0.6 is 11.3 Å². The van der Waals surface area contributed by atoms with Gasteiger partial charge in [0.15, 0.2) is 5.01 Å². The van der Waals surface area contributed by atoms with Crippen molar-refractivity contribution >= 4 is 23.1 Å².